The summed E-state index contributed by atoms with van der Waals surface area (Å²) in [5.41, 5.74) is 0. The number of ether oxygens (including phenoxy) is 2. The van der Waals surface area contributed by atoms with E-state index in [-0.39, 0.29) is 12.2 Å². The molecule has 0 heterocycles. The van der Waals surface area contributed by atoms with Crippen LogP contribution in [-0.2, 0) is 9.47 Å². The molecule has 0 rings (SSSR count). The molecule has 0 aliphatic carbocycles. The molecule has 0 aliphatic heterocycles. The van der Waals surface area contributed by atoms with Crippen LogP contribution in [0, 0.1) is 23.7 Å². The van der Waals surface area contributed by atoms with E-state index in [1.807, 2.05) is 0 Å². The van der Waals surface area contributed by atoms with E-state index < -0.39 is 0 Å². The molecule has 0 bridgehead atoms. The Bertz CT molecular complexity index is 587. The molecule has 0 aromatic carbocycles. The van der Waals surface area contributed by atoms with Gasteiger partial charge in [-0.05, 0) is 50.4 Å². The molecule has 0 spiro atoms. The number of rotatable bonds is 22. The van der Waals surface area contributed by atoms with Crippen LogP contribution in [0.2, 0.25) is 0 Å². The van der Waals surface area contributed by atoms with Crippen molar-refractivity contribution in [3.63, 3.8) is 0 Å². The van der Waals surface area contributed by atoms with Crippen LogP contribution < -0.4 is 10.6 Å². The molecule has 0 fully saturated rings. The highest BCUT2D eigenvalue weighted by Gasteiger charge is 2.01. The molecular formula is C30H52N2O4. The molecule has 6 heteroatoms. The zero-order chi connectivity index (χ0) is 26.4. The number of alkyl carbamates (subject to hydrolysis) is 2. The first-order chi connectivity index (χ1) is 17.7. The second-order valence-corrected chi connectivity index (χ2v) is 9.18. The highest BCUT2D eigenvalue weighted by Crippen LogP contribution is 2.05. The normalized spacial score (nSPS) is 9.94. The van der Waals surface area contributed by atoms with Crippen molar-refractivity contribution >= 4 is 12.2 Å². The van der Waals surface area contributed by atoms with Gasteiger partial charge in [-0.25, -0.2) is 9.59 Å². The van der Waals surface area contributed by atoms with Crippen LogP contribution in [0.1, 0.15) is 129 Å². The molecule has 2 N–H and O–H groups in total. The van der Waals surface area contributed by atoms with Crippen molar-refractivity contribution in [1.29, 1.82) is 0 Å². The molecule has 0 unspecified atom stereocenters. The second kappa shape index (κ2) is 28.9. The van der Waals surface area contributed by atoms with Crippen LogP contribution >= 0.6 is 0 Å². The fraction of sp³-hybridized carbons (Fsp3) is 0.800. The van der Waals surface area contributed by atoms with Gasteiger partial charge in [0.05, 0.1) is 13.2 Å². The predicted molar refractivity (Wildman–Crippen MR) is 149 cm³/mol. The van der Waals surface area contributed by atoms with Crippen LogP contribution in [0.15, 0.2) is 0 Å². The Balaban J connectivity index is 3.42. The fourth-order valence-corrected chi connectivity index (χ4v) is 3.47. The van der Waals surface area contributed by atoms with Gasteiger partial charge in [0.25, 0.3) is 0 Å². The SMILES string of the molecule is CCCCCCCCNC(=O)OCCCCC#CC#CCCCCOC(=O)NCCCCCCCC. The first-order valence-corrected chi connectivity index (χ1v) is 14.5. The highest BCUT2D eigenvalue weighted by molar-refractivity contribution is 5.67. The van der Waals surface area contributed by atoms with E-state index in [0.717, 1.165) is 64.2 Å². The van der Waals surface area contributed by atoms with E-state index in [2.05, 4.69) is 48.2 Å². The number of carbonyl (C=O) groups is 2. The van der Waals surface area contributed by atoms with Crippen LogP contribution in [-0.4, -0.2) is 38.5 Å². The standard InChI is InChI=1S/C30H52N2O4/c1-3-5-7-9-17-21-25-31-29(33)35-27-23-19-15-13-11-12-14-16-20-24-28-36-30(34)32-26-22-18-10-8-6-4-2/h3-10,15-28H2,1-2H3,(H,31,33)(H,32,34). The minimum absolute atomic E-state index is 0.320. The largest absolute Gasteiger partial charge is 0.450 e. The van der Waals surface area contributed by atoms with Gasteiger partial charge in [0.2, 0.25) is 0 Å². The summed E-state index contributed by atoms with van der Waals surface area (Å²) in [7, 11) is 0. The summed E-state index contributed by atoms with van der Waals surface area (Å²) in [4.78, 5) is 23.2. The average Bonchev–Trinajstić information content (AvgIpc) is 2.87. The van der Waals surface area contributed by atoms with Gasteiger partial charge in [-0.1, -0.05) is 89.9 Å². The summed E-state index contributed by atoms with van der Waals surface area (Å²) in [5, 5.41) is 5.61. The Morgan fingerprint density at radius 3 is 1.33 bits per heavy atom. The zero-order valence-electron chi connectivity index (χ0n) is 23.2. The quantitative estimate of drug-likeness (QED) is 0.118. The van der Waals surface area contributed by atoms with E-state index in [0.29, 0.717) is 26.3 Å². The third-order valence-corrected chi connectivity index (χ3v) is 5.70. The van der Waals surface area contributed by atoms with E-state index in [1.165, 1.54) is 51.4 Å². The lowest BCUT2D eigenvalue weighted by Gasteiger charge is -2.06. The number of hydrogen-bond acceptors (Lipinski definition) is 4. The van der Waals surface area contributed by atoms with Crippen LogP contribution in [0.4, 0.5) is 9.59 Å². The molecule has 0 aromatic heterocycles. The van der Waals surface area contributed by atoms with Gasteiger partial charge in [0, 0.05) is 25.9 Å². The summed E-state index contributed by atoms with van der Waals surface area (Å²) in [6.45, 7) is 6.65. The molecule has 2 amide bonds. The van der Waals surface area contributed by atoms with Crippen molar-refractivity contribution in [2.24, 2.45) is 0 Å². The minimum atomic E-state index is -0.320. The molecule has 0 saturated heterocycles. The van der Waals surface area contributed by atoms with Crippen molar-refractivity contribution in [2.45, 2.75) is 129 Å². The number of unbranched alkanes of at least 4 members (excludes halogenated alkanes) is 14. The zero-order valence-corrected chi connectivity index (χ0v) is 23.2. The number of amides is 2. The molecule has 0 atom stereocenters. The smallest absolute Gasteiger partial charge is 0.407 e. The molecule has 206 valence electrons. The molecule has 0 saturated carbocycles. The minimum Gasteiger partial charge on any atom is -0.450 e. The lowest BCUT2D eigenvalue weighted by atomic mass is 10.1. The van der Waals surface area contributed by atoms with Crippen LogP contribution in [0.25, 0.3) is 0 Å². The van der Waals surface area contributed by atoms with Crippen molar-refractivity contribution in [1.82, 2.24) is 10.6 Å². The Hall–Kier alpha value is -2.34. The maximum Gasteiger partial charge on any atom is 0.407 e. The molecule has 36 heavy (non-hydrogen) atoms. The third-order valence-electron chi connectivity index (χ3n) is 5.70. The topological polar surface area (TPSA) is 76.7 Å². The Kier molecular flexibility index (Phi) is 27.0. The van der Waals surface area contributed by atoms with Gasteiger partial charge in [-0.2, -0.15) is 0 Å². The van der Waals surface area contributed by atoms with E-state index in [1.54, 1.807) is 0 Å². The lowest BCUT2D eigenvalue weighted by Crippen LogP contribution is -2.25. The van der Waals surface area contributed by atoms with Gasteiger partial charge in [-0.3, -0.25) is 0 Å². The van der Waals surface area contributed by atoms with Gasteiger partial charge < -0.3 is 20.1 Å². The van der Waals surface area contributed by atoms with Gasteiger partial charge in [0.1, 0.15) is 0 Å². The van der Waals surface area contributed by atoms with Crippen molar-refractivity contribution in [3.05, 3.63) is 0 Å². The average molecular weight is 505 g/mol. The summed E-state index contributed by atoms with van der Waals surface area (Å²) in [6.07, 6.45) is 18.7. The molecule has 0 aliphatic rings. The Morgan fingerprint density at radius 1 is 0.528 bits per heavy atom. The van der Waals surface area contributed by atoms with Crippen molar-refractivity contribution in [3.8, 4) is 23.7 Å². The monoisotopic (exact) mass is 504 g/mol. The Morgan fingerprint density at radius 2 is 0.917 bits per heavy atom. The Labute approximate surface area is 221 Å². The maximum atomic E-state index is 11.6. The number of carbonyl (C=O) groups excluding carboxylic acids is 2. The fourth-order valence-electron chi connectivity index (χ4n) is 3.47. The maximum absolute atomic E-state index is 11.6. The molecule has 0 radical (unpaired) electrons. The van der Waals surface area contributed by atoms with Crippen molar-refractivity contribution < 1.29 is 19.1 Å². The molecule has 6 nitrogen and oxygen atoms in total. The molecule has 0 aromatic rings. The number of hydrogen-bond donors (Lipinski definition) is 2. The van der Waals surface area contributed by atoms with E-state index >= 15 is 0 Å². The summed E-state index contributed by atoms with van der Waals surface area (Å²) >= 11 is 0. The van der Waals surface area contributed by atoms with Gasteiger partial charge in [-0.15, -0.1) is 0 Å². The van der Waals surface area contributed by atoms with Gasteiger partial charge >= 0.3 is 12.2 Å². The van der Waals surface area contributed by atoms with Crippen LogP contribution in [0.5, 0.6) is 0 Å². The molecular weight excluding hydrogens is 452 g/mol. The van der Waals surface area contributed by atoms with Crippen molar-refractivity contribution in [2.75, 3.05) is 26.3 Å². The summed E-state index contributed by atoms with van der Waals surface area (Å²) in [5.74, 6) is 11.8. The first kappa shape index (κ1) is 33.7. The third kappa shape index (κ3) is 27.9. The lowest BCUT2D eigenvalue weighted by molar-refractivity contribution is 0.143. The predicted octanol–water partition coefficient (Wildman–Crippen LogP) is 7.51. The highest BCUT2D eigenvalue weighted by atomic mass is 16.6. The van der Waals surface area contributed by atoms with E-state index in [4.69, 9.17) is 9.47 Å². The summed E-state index contributed by atoms with van der Waals surface area (Å²) in [6, 6.07) is 0. The van der Waals surface area contributed by atoms with E-state index in [9.17, 15) is 9.59 Å². The first-order valence-electron chi connectivity index (χ1n) is 14.5. The van der Waals surface area contributed by atoms with Gasteiger partial charge in [0.15, 0.2) is 0 Å². The number of nitrogens with one attached hydrogen (secondary N) is 2. The van der Waals surface area contributed by atoms with Crippen LogP contribution in [0.3, 0.4) is 0 Å². The second-order valence-electron chi connectivity index (χ2n) is 9.18. The summed E-state index contributed by atoms with van der Waals surface area (Å²) < 4.78 is 10.3.